The highest BCUT2D eigenvalue weighted by Gasteiger charge is 2.17. The summed E-state index contributed by atoms with van der Waals surface area (Å²) in [6, 6.07) is 10.7. The van der Waals surface area contributed by atoms with E-state index in [2.05, 4.69) is 9.88 Å². The van der Waals surface area contributed by atoms with E-state index in [1.54, 1.807) is 4.57 Å². The summed E-state index contributed by atoms with van der Waals surface area (Å²) in [7, 11) is 0. The normalized spacial score (nSPS) is 15.0. The van der Waals surface area contributed by atoms with Crippen molar-refractivity contribution in [3.8, 4) is 5.69 Å². The Bertz CT molecular complexity index is 1090. The average molecular weight is 400 g/mol. The molecule has 0 radical (unpaired) electrons. The lowest BCUT2D eigenvalue weighted by Gasteiger charge is -2.26. The molecule has 1 aliphatic heterocycles. The van der Waals surface area contributed by atoms with Crippen molar-refractivity contribution < 1.29 is 14.6 Å². The molecule has 1 fully saturated rings. The van der Waals surface area contributed by atoms with Crippen LogP contribution in [-0.2, 0) is 11.3 Å². The van der Waals surface area contributed by atoms with Crippen LogP contribution in [0.15, 0.2) is 47.4 Å². The lowest BCUT2D eigenvalue weighted by atomic mass is 10.1. The number of rotatable bonds is 4. The van der Waals surface area contributed by atoms with Crippen LogP contribution in [0.3, 0.4) is 0 Å². The van der Waals surface area contributed by atoms with Crippen molar-refractivity contribution in [2.75, 3.05) is 26.3 Å². The molecule has 0 amide bonds. The minimum Gasteiger partial charge on any atom is -0.477 e. The van der Waals surface area contributed by atoms with Gasteiger partial charge in [0.05, 0.1) is 18.6 Å². The molecule has 0 aliphatic carbocycles. The fourth-order valence-corrected chi connectivity index (χ4v) is 3.45. The summed E-state index contributed by atoms with van der Waals surface area (Å²) in [5.41, 5.74) is 1.28. The number of morpholine rings is 1. The van der Waals surface area contributed by atoms with E-state index in [1.165, 1.54) is 18.3 Å². The molecule has 3 aromatic rings. The Morgan fingerprint density at radius 3 is 2.54 bits per heavy atom. The van der Waals surface area contributed by atoms with E-state index >= 15 is 0 Å². The van der Waals surface area contributed by atoms with E-state index in [-0.39, 0.29) is 16.1 Å². The summed E-state index contributed by atoms with van der Waals surface area (Å²) in [4.78, 5) is 30.5. The molecule has 0 bridgehead atoms. The van der Waals surface area contributed by atoms with Crippen LogP contribution < -0.4 is 5.43 Å². The predicted molar refractivity (Wildman–Crippen MR) is 105 cm³/mol. The second kappa shape index (κ2) is 7.71. The number of halogens is 1. The van der Waals surface area contributed by atoms with E-state index in [0.29, 0.717) is 11.3 Å². The summed E-state index contributed by atoms with van der Waals surface area (Å²) in [6.07, 6.45) is 1.30. The molecule has 144 valence electrons. The van der Waals surface area contributed by atoms with Crippen molar-refractivity contribution in [1.29, 1.82) is 0 Å². The molecule has 8 heteroatoms. The first-order valence-electron chi connectivity index (χ1n) is 8.87. The van der Waals surface area contributed by atoms with Crippen LogP contribution in [0.1, 0.15) is 15.9 Å². The third-order valence-electron chi connectivity index (χ3n) is 4.77. The topological polar surface area (TPSA) is 84.7 Å². The van der Waals surface area contributed by atoms with Gasteiger partial charge in [0.25, 0.3) is 0 Å². The first-order chi connectivity index (χ1) is 13.5. The number of carboxylic acid groups (broad SMARTS) is 1. The van der Waals surface area contributed by atoms with Gasteiger partial charge in [-0.1, -0.05) is 23.7 Å². The first-order valence-corrected chi connectivity index (χ1v) is 9.25. The number of ether oxygens (including phenoxy) is 1. The fourth-order valence-electron chi connectivity index (χ4n) is 3.31. The van der Waals surface area contributed by atoms with Gasteiger partial charge in [0.1, 0.15) is 16.4 Å². The molecule has 0 spiro atoms. The van der Waals surface area contributed by atoms with Gasteiger partial charge in [-0.25, -0.2) is 9.78 Å². The number of benzene rings is 1. The van der Waals surface area contributed by atoms with E-state index < -0.39 is 11.4 Å². The number of carbonyl (C=O) groups is 1. The molecule has 0 atom stereocenters. The second-order valence-electron chi connectivity index (χ2n) is 6.61. The molecule has 28 heavy (non-hydrogen) atoms. The Morgan fingerprint density at radius 1 is 1.14 bits per heavy atom. The van der Waals surface area contributed by atoms with Crippen LogP contribution in [0.2, 0.25) is 5.15 Å². The highest BCUT2D eigenvalue weighted by Crippen LogP contribution is 2.19. The molecule has 1 N–H and O–H groups in total. The summed E-state index contributed by atoms with van der Waals surface area (Å²) < 4.78 is 6.96. The Hall–Kier alpha value is -2.74. The van der Waals surface area contributed by atoms with Crippen molar-refractivity contribution in [2.45, 2.75) is 6.54 Å². The van der Waals surface area contributed by atoms with Crippen LogP contribution >= 0.6 is 11.6 Å². The minimum atomic E-state index is -1.28. The molecule has 0 unspecified atom stereocenters. The van der Waals surface area contributed by atoms with Gasteiger partial charge in [0.2, 0.25) is 5.43 Å². The second-order valence-corrected chi connectivity index (χ2v) is 6.99. The van der Waals surface area contributed by atoms with Gasteiger partial charge in [-0.3, -0.25) is 9.69 Å². The molecule has 0 saturated carbocycles. The monoisotopic (exact) mass is 399 g/mol. The lowest BCUT2D eigenvalue weighted by molar-refractivity contribution is 0.0342. The van der Waals surface area contributed by atoms with Crippen molar-refractivity contribution in [3.05, 3.63) is 69.1 Å². The lowest BCUT2D eigenvalue weighted by Crippen LogP contribution is -2.35. The Balaban J connectivity index is 1.75. The number of aromatic nitrogens is 2. The molecule has 1 saturated heterocycles. The number of carboxylic acids is 1. The van der Waals surface area contributed by atoms with E-state index in [9.17, 15) is 14.7 Å². The zero-order chi connectivity index (χ0) is 19.7. The van der Waals surface area contributed by atoms with E-state index in [0.717, 1.165) is 38.4 Å². The molecule has 2 aromatic heterocycles. The van der Waals surface area contributed by atoms with Crippen molar-refractivity contribution in [1.82, 2.24) is 14.5 Å². The van der Waals surface area contributed by atoms with E-state index in [4.69, 9.17) is 16.3 Å². The maximum absolute atomic E-state index is 12.4. The molecule has 4 rings (SSSR count). The summed E-state index contributed by atoms with van der Waals surface area (Å²) in [5.74, 6) is -1.28. The number of hydrogen-bond donors (Lipinski definition) is 1. The molecule has 3 heterocycles. The standard InChI is InChI=1S/C20H18ClN3O4/c21-17-6-5-15-18(25)16(20(26)27)12-24(19(15)22-17)14-3-1-13(2-4-14)11-23-7-9-28-10-8-23/h1-6,12H,7-11H2,(H,26,27). The summed E-state index contributed by atoms with van der Waals surface area (Å²) in [6.45, 7) is 4.10. The first kappa shape index (κ1) is 18.6. The van der Waals surface area contributed by atoms with Crippen molar-refractivity contribution in [2.24, 2.45) is 0 Å². The molecule has 1 aliphatic rings. The number of fused-ring (bicyclic) bond motifs is 1. The number of nitrogens with zero attached hydrogens (tertiary/aromatic N) is 3. The third kappa shape index (κ3) is 3.64. The fraction of sp³-hybridized carbons (Fsp3) is 0.250. The number of hydrogen-bond acceptors (Lipinski definition) is 5. The van der Waals surface area contributed by atoms with Gasteiger partial charge in [-0.2, -0.15) is 0 Å². The summed E-state index contributed by atoms with van der Waals surface area (Å²) >= 11 is 6.01. The zero-order valence-corrected chi connectivity index (χ0v) is 15.7. The maximum Gasteiger partial charge on any atom is 0.341 e. The van der Waals surface area contributed by atoms with Gasteiger partial charge in [0.15, 0.2) is 0 Å². The van der Waals surface area contributed by atoms with Crippen LogP contribution in [0, 0.1) is 0 Å². The number of pyridine rings is 2. The predicted octanol–water partition coefficient (Wildman–Crippen LogP) is 2.57. The molecule has 7 nitrogen and oxygen atoms in total. The van der Waals surface area contributed by atoms with Gasteiger partial charge in [-0.05, 0) is 29.8 Å². The van der Waals surface area contributed by atoms with Crippen molar-refractivity contribution in [3.63, 3.8) is 0 Å². The Kier molecular flexibility index (Phi) is 5.13. The highest BCUT2D eigenvalue weighted by atomic mass is 35.5. The molecular weight excluding hydrogens is 382 g/mol. The summed E-state index contributed by atoms with van der Waals surface area (Å²) in [5, 5.41) is 9.84. The third-order valence-corrected chi connectivity index (χ3v) is 4.98. The van der Waals surface area contributed by atoms with Gasteiger partial charge in [-0.15, -0.1) is 0 Å². The molecule has 1 aromatic carbocycles. The Labute approximate surface area is 165 Å². The van der Waals surface area contributed by atoms with Gasteiger partial charge in [0, 0.05) is 31.5 Å². The quantitative estimate of drug-likeness (QED) is 0.679. The number of aromatic carboxylic acids is 1. The Morgan fingerprint density at radius 2 is 1.86 bits per heavy atom. The zero-order valence-electron chi connectivity index (χ0n) is 15.0. The maximum atomic E-state index is 12.4. The van der Waals surface area contributed by atoms with Crippen LogP contribution in [0.25, 0.3) is 16.7 Å². The van der Waals surface area contributed by atoms with Crippen LogP contribution in [0.5, 0.6) is 0 Å². The SMILES string of the molecule is O=C(O)c1cn(-c2ccc(CN3CCOCC3)cc2)c2nc(Cl)ccc2c1=O. The molecular formula is C20H18ClN3O4. The van der Waals surface area contributed by atoms with Crippen LogP contribution in [0.4, 0.5) is 0 Å². The van der Waals surface area contributed by atoms with E-state index in [1.807, 2.05) is 24.3 Å². The van der Waals surface area contributed by atoms with Crippen LogP contribution in [-0.4, -0.2) is 51.8 Å². The van der Waals surface area contributed by atoms with Gasteiger partial charge >= 0.3 is 5.97 Å². The smallest absolute Gasteiger partial charge is 0.341 e. The highest BCUT2D eigenvalue weighted by molar-refractivity contribution is 6.29. The van der Waals surface area contributed by atoms with Gasteiger partial charge < -0.3 is 14.4 Å². The minimum absolute atomic E-state index is 0.210. The average Bonchev–Trinajstić information content (AvgIpc) is 2.69. The van der Waals surface area contributed by atoms with Crippen molar-refractivity contribution >= 4 is 28.6 Å². The largest absolute Gasteiger partial charge is 0.477 e.